The van der Waals surface area contributed by atoms with Gasteiger partial charge in [-0.05, 0) is 30.2 Å². The quantitative estimate of drug-likeness (QED) is 0.342. The molecule has 0 spiro atoms. The highest BCUT2D eigenvalue weighted by Gasteiger charge is 2.46. The number of hydrogen-bond acceptors (Lipinski definition) is 6. The van der Waals surface area contributed by atoms with Crippen molar-refractivity contribution in [2.75, 3.05) is 39.8 Å². The standard InChI is InChI=1S/C25H29ClN2O5/c1-6-7-12-28-22(15-8-10-16(11-9-15)27(2)3)21(24(30)25(28)31)23(29)17-13-18(26)20(33-5)14-19(17)32-4/h8-11,13-14,22,29H,6-7,12H2,1-5H3/b23-21+. The summed E-state index contributed by atoms with van der Waals surface area (Å²) >= 11 is 6.29. The minimum Gasteiger partial charge on any atom is -0.507 e. The van der Waals surface area contributed by atoms with Gasteiger partial charge in [-0.2, -0.15) is 0 Å². The molecule has 7 nitrogen and oxygen atoms in total. The van der Waals surface area contributed by atoms with E-state index in [-0.39, 0.29) is 27.7 Å². The van der Waals surface area contributed by atoms with Crippen LogP contribution in [-0.4, -0.2) is 56.6 Å². The number of halogens is 1. The zero-order valence-electron chi connectivity index (χ0n) is 19.5. The highest BCUT2D eigenvalue weighted by atomic mass is 35.5. The molecule has 8 heteroatoms. The first-order valence-corrected chi connectivity index (χ1v) is 11.1. The fraction of sp³-hybridized carbons (Fsp3) is 0.360. The van der Waals surface area contributed by atoms with Gasteiger partial charge in [-0.15, -0.1) is 0 Å². The highest BCUT2D eigenvalue weighted by Crippen LogP contribution is 2.43. The normalized spacial score (nSPS) is 17.4. The molecule has 1 N–H and O–H groups in total. The smallest absolute Gasteiger partial charge is 0.295 e. The Hall–Kier alpha value is -3.19. The van der Waals surface area contributed by atoms with Crippen molar-refractivity contribution in [3.8, 4) is 11.5 Å². The molecule has 1 fully saturated rings. The van der Waals surface area contributed by atoms with Crippen LogP contribution in [0.1, 0.15) is 36.9 Å². The maximum atomic E-state index is 13.1. The van der Waals surface area contributed by atoms with Crippen molar-refractivity contribution in [2.24, 2.45) is 0 Å². The lowest BCUT2D eigenvalue weighted by atomic mass is 9.94. The topological polar surface area (TPSA) is 79.3 Å². The van der Waals surface area contributed by atoms with Gasteiger partial charge < -0.3 is 24.4 Å². The van der Waals surface area contributed by atoms with E-state index in [0.29, 0.717) is 12.3 Å². The predicted octanol–water partition coefficient (Wildman–Crippen LogP) is 4.65. The van der Waals surface area contributed by atoms with Gasteiger partial charge >= 0.3 is 0 Å². The number of Topliss-reactive ketones (excluding diaryl/α,β-unsaturated/α-hetero) is 1. The summed E-state index contributed by atoms with van der Waals surface area (Å²) in [7, 11) is 6.78. The molecular formula is C25H29ClN2O5. The van der Waals surface area contributed by atoms with E-state index >= 15 is 0 Å². The molecule has 3 rings (SSSR count). The number of methoxy groups -OCH3 is 2. The summed E-state index contributed by atoms with van der Waals surface area (Å²) in [5.74, 6) is -1.07. The Morgan fingerprint density at radius 3 is 2.27 bits per heavy atom. The molecule has 1 aliphatic rings. The second kappa shape index (κ2) is 10.2. The first-order valence-electron chi connectivity index (χ1n) is 10.7. The average molecular weight is 473 g/mol. The van der Waals surface area contributed by atoms with Crippen LogP contribution in [0.4, 0.5) is 5.69 Å². The molecule has 1 aliphatic heterocycles. The van der Waals surface area contributed by atoms with Crippen LogP contribution < -0.4 is 14.4 Å². The van der Waals surface area contributed by atoms with Crippen molar-refractivity contribution in [1.82, 2.24) is 4.90 Å². The molecule has 176 valence electrons. The van der Waals surface area contributed by atoms with E-state index < -0.39 is 17.7 Å². The van der Waals surface area contributed by atoms with Crippen molar-refractivity contribution in [2.45, 2.75) is 25.8 Å². The van der Waals surface area contributed by atoms with Crippen LogP contribution in [-0.2, 0) is 9.59 Å². The van der Waals surface area contributed by atoms with Crippen LogP contribution in [0.5, 0.6) is 11.5 Å². The molecule has 1 unspecified atom stereocenters. The molecule has 33 heavy (non-hydrogen) atoms. The molecule has 2 aromatic rings. The number of unbranched alkanes of at least 4 members (excludes halogenated alkanes) is 1. The highest BCUT2D eigenvalue weighted by molar-refractivity contribution is 6.46. The molecule has 0 aromatic heterocycles. The number of rotatable bonds is 8. The van der Waals surface area contributed by atoms with Gasteiger partial charge in [0.05, 0.1) is 36.4 Å². The number of carbonyl (C=O) groups is 2. The number of amides is 1. The number of aliphatic hydroxyl groups is 1. The lowest BCUT2D eigenvalue weighted by Crippen LogP contribution is -2.30. The van der Waals surface area contributed by atoms with E-state index in [1.165, 1.54) is 31.3 Å². The second-order valence-electron chi connectivity index (χ2n) is 8.02. The van der Waals surface area contributed by atoms with Crippen molar-refractivity contribution in [3.63, 3.8) is 0 Å². The molecule has 0 radical (unpaired) electrons. The molecule has 1 saturated heterocycles. The van der Waals surface area contributed by atoms with Crippen molar-refractivity contribution in [3.05, 3.63) is 58.1 Å². The van der Waals surface area contributed by atoms with Gasteiger partial charge in [0.15, 0.2) is 0 Å². The minimum absolute atomic E-state index is 0.00763. The summed E-state index contributed by atoms with van der Waals surface area (Å²) in [5.41, 5.74) is 1.93. The van der Waals surface area contributed by atoms with Crippen LogP contribution in [0.3, 0.4) is 0 Å². The second-order valence-corrected chi connectivity index (χ2v) is 8.43. The third kappa shape index (κ3) is 4.64. The molecule has 1 heterocycles. The van der Waals surface area contributed by atoms with Gasteiger partial charge in [0.25, 0.3) is 11.7 Å². The molecular weight excluding hydrogens is 444 g/mol. The zero-order valence-corrected chi connectivity index (χ0v) is 20.3. The SMILES string of the molecule is CCCCN1C(=O)C(=O)/C(=C(/O)c2cc(Cl)c(OC)cc2OC)C1c1ccc(N(C)C)cc1. The summed E-state index contributed by atoms with van der Waals surface area (Å²) in [4.78, 5) is 29.6. The first kappa shape index (κ1) is 24.5. The molecule has 0 aliphatic carbocycles. The van der Waals surface area contributed by atoms with E-state index in [1.54, 1.807) is 0 Å². The summed E-state index contributed by atoms with van der Waals surface area (Å²) in [6.07, 6.45) is 1.59. The Morgan fingerprint density at radius 1 is 1.09 bits per heavy atom. The van der Waals surface area contributed by atoms with Crippen LogP contribution in [0, 0.1) is 0 Å². The Labute approximate surface area is 199 Å². The van der Waals surface area contributed by atoms with Crippen LogP contribution in [0.15, 0.2) is 42.0 Å². The van der Waals surface area contributed by atoms with Crippen molar-refractivity contribution < 1.29 is 24.2 Å². The van der Waals surface area contributed by atoms with Crippen LogP contribution in [0.25, 0.3) is 5.76 Å². The Balaban J connectivity index is 2.22. The van der Waals surface area contributed by atoms with Gasteiger partial charge in [-0.1, -0.05) is 37.1 Å². The lowest BCUT2D eigenvalue weighted by molar-refractivity contribution is -0.139. The van der Waals surface area contributed by atoms with E-state index in [4.69, 9.17) is 21.1 Å². The number of likely N-dealkylation sites (tertiary alicyclic amines) is 1. The van der Waals surface area contributed by atoms with Crippen molar-refractivity contribution >= 4 is 34.7 Å². The van der Waals surface area contributed by atoms with Gasteiger partial charge in [0, 0.05) is 32.4 Å². The summed E-state index contributed by atoms with van der Waals surface area (Å²) in [6.45, 7) is 2.42. The Morgan fingerprint density at radius 2 is 1.73 bits per heavy atom. The summed E-state index contributed by atoms with van der Waals surface area (Å²) in [5, 5.41) is 11.6. The maximum Gasteiger partial charge on any atom is 0.295 e. The van der Waals surface area contributed by atoms with Gasteiger partial charge in [0.2, 0.25) is 0 Å². The van der Waals surface area contributed by atoms with Crippen LogP contribution >= 0.6 is 11.6 Å². The lowest BCUT2D eigenvalue weighted by Gasteiger charge is -2.26. The van der Waals surface area contributed by atoms with E-state index in [2.05, 4.69) is 0 Å². The molecule has 2 aromatic carbocycles. The van der Waals surface area contributed by atoms with Gasteiger partial charge in [0.1, 0.15) is 17.3 Å². The number of nitrogens with zero attached hydrogens (tertiary/aromatic N) is 2. The fourth-order valence-corrected chi connectivity index (χ4v) is 4.17. The zero-order chi connectivity index (χ0) is 24.3. The van der Waals surface area contributed by atoms with Gasteiger partial charge in [-0.3, -0.25) is 9.59 Å². The van der Waals surface area contributed by atoms with Crippen molar-refractivity contribution in [1.29, 1.82) is 0 Å². The molecule has 1 atom stereocenters. The van der Waals surface area contributed by atoms with E-state index in [0.717, 1.165) is 24.1 Å². The number of aliphatic hydroxyl groups excluding tert-OH is 1. The largest absolute Gasteiger partial charge is 0.507 e. The Kier molecular flexibility index (Phi) is 7.53. The number of benzene rings is 2. The third-order valence-electron chi connectivity index (χ3n) is 5.75. The average Bonchev–Trinajstić information content (AvgIpc) is 3.06. The van der Waals surface area contributed by atoms with E-state index in [1.807, 2.05) is 50.2 Å². The molecule has 0 bridgehead atoms. The van der Waals surface area contributed by atoms with E-state index in [9.17, 15) is 14.7 Å². The molecule has 1 amide bonds. The minimum atomic E-state index is -0.737. The summed E-state index contributed by atoms with van der Waals surface area (Å²) < 4.78 is 10.6. The first-order chi connectivity index (χ1) is 15.7. The Bertz CT molecular complexity index is 1080. The number of hydrogen-bond donors (Lipinski definition) is 1. The number of ether oxygens (including phenoxy) is 2. The third-order valence-corrected chi connectivity index (χ3v) is 6.04. The summed E-state index contributed by atoms with van der Waals surface area (Å²) in [6, 6.07) is 9.86. The maximum absolute atomic E-state index is 13.1. The number of anilines is 1. The monoisotopic (exact) mass is 472 g/mol. The number of ketones is 1. The predicted molar refractivity (Wildman–Crippen MR) is 129 cm³/mol. The van der Waals surface area contributed by atoms with Gasteiger partial charge in [-0.25, -0.2) is 0 Å². The molecule has 0 saturated carbocycles. The van der Waals surface area contributed by atoms with Crippen LogP contribution in [0.2, 0.25) is 5.02 Å². The number of carbonyl (C=O) groups excluding carboxylic acids is 2. The fourth-order valence-electron chi connectivity index (χ4n) is 3.93.